The van der Waals surface area contributed by atoms with Gasteiger partial charge in [0.15, 0.2) is 0 Å². The van der Waals surface area contributed by atoms with Crippen molar-refractivity contribution < 1.29 is 14.6 Å². The molecule has 104 valence electrons. The minimum atomic E-state index is -1.11. The monoisotopic (exact) mass is 254 g/mol. The molecule has 0 saturated heterocycles. The maximum Gasteiger partial charge on any atom is 0.308 e. The van der Waals surface area contributed by atoms with Crippen molar-refractivity contribution in [1.29, 1.82) is 0 Å². The zero-order valence-electron chi connectivity index (χ0n) is 12.0. The van der Waals surface area contributed by atoms with Crippen molar-refractivity contribution >= 4 is 5.97 Å². The number of esters is 1. The van der Waals surface area contributed by atoms with Crippen LogP contribution in [0.3, 0.4) is 0 Å². The molecule has 0 fully saturated rings. The summed E-state index contributed by atoms with van der Waals surface area (Å²) >= 11 is 0. The quantitative estimate of drug-likeness (QED) is 0.408. The van der Waals surface area contributed by atoms with Gasteiger partial charge in [0.2, 0.25) is 6.29 Å². The molecule has 0 heterocycles. The number of aliphatic hydroxyl groups excluding tert-OH is 1. The van der Waals surface area contributed by atoms with Crippen molar-refractivity contribution in [2.24, 2.45) is 0 Å². The second-order valence-corrected chi connectivity index (χ2v) is 4.82. The fourth-order valence-electron chi connectivity index (χ4n) is 1.46. The third-order valence-electron chi connectivity index (χ3n) is 2.51. The number of aliphatic hydroxyl groups is 1. The lowest BCUT2D eigenvalue weighted by Gasteiger charge is -2.09. The molecular weight excluding hydrogens is 228 g/mol. The van der Waals surface area contributed by atoms with Crippen LogP contribution in [-0.4, -0.2) is 17.4 Å². The van der Waals surface area contributed by atoms with Crippen LogP contribution in [0.2, 0.25) is 0 Å². The highest BCUT2D eigenvalue weighted by molar-refractivity contribution is 5.69. The summed E-state index contributed by atoms with van der Waals surface area (Å²) in [4.78, 5) is 11.3. The molecule has 0 aliphatic carbocycles. The fraction of sp³-hybridized carbons (Fsp3) is 0.667. The number of carbonyl (C=O) groups is 1. The van der Waals surface area contributed by atoms with Gasteiger partial charge in [0.1, 0.15) is 0 Å². The second-order valence-electron chi connectivity index (χ2n) is 4.82. The van der Waals surface area contributed by atoms with E-state index in [1.54, 1.807) is 6.08 Å². The van der Waals surface area contributed by atoms with E-state index in [0.29, 0.717) is 6.42 Å². The molecule has 3 nitrogen and oxygen atoms in total. The van der Waals surface area contributed by atoms with Gasteiger partial charge in [0.05, 0.1) is 0 Å². The molecule has 18 heavy (non-hydrogen) atoms. The van der Waals surface area contributed by atoms with Crippen molar-refractivity contribution in [3.63, 3.8) is 0 Å². The molecule has 0 aliphatic rings. The van der Waals surface area contributed by atoms with Gasteiger partial charge in [-0.2, -0.15) is 0 Å². The molecular formula is C15H26O3. The van der Waals surface area contributed by atoms with Crippen LogP contribution >= 0.6 is 0 Å². The average molecular weight is 254 g/mol. The molecule has 0 amide bonds. The number of allylic oxidation sites excluding steroid dienone is 3. The Morgan fingerprint density at radius 1 is 1.28 bits per heavy atom. The van der Waals surface area contributed by atoms with E-state index in [4.69, 9.17) is 4.74 Å². The summed E-state index contributed by atoms with van der Waals surface area (Å²) < 4.78 is 4.88. The Bertz CT molecular complexity index is 299. The summed E-state index contributed by atoms with van der Waals surface area (Å²) in [5, 5.41) is 9.56. The van der Waals surface area contributed by atoms with E-state index in [2.05, 4.69) is 19.9 Å². The Balaban J connectivity index is 3.99. The Labute approximate surface area is 111 Å². The normalized spacial score (nSPS) is 13.1. The predicted molar refractivity (Wildman–Crippen MR) is 74.0 cm³/mol. The minimum Gasteiger partial charge on any atom is -0.432 e. The SMILES string of the molecule is CCCCC(=O)OC(O)/C=C(\C)CCC=C(C)C. The molecule has 0 rings (SSSR count). The Kier molecular flexibility index (Phi) is 9.29. The van der Waals surface area contributed by atoms with Gasteiger partial charge in [0, 0.05) is 6.42 Å². The molecule has 0 aliphatic heterocycles. The first-order chi connectivity index (χ1) is 8.45. The van der Waals surface area contributed by atoms with Crippen LogP contribution in [0.15, 0.2) is 23.3 Å². The van der Waals surface area contributed by atoms with Gasteiger partial charge in [-0.1, -0.05) is 30.6 Å². The molecule has 1 atom stereocenters. The third-order valence-corrected chi connectivity index (χ3v) is 2.51. The van der Waals surface area contributed by atoms with Crippen molar-refractivity contribution in [2.45, 2.75) is 66.1 Å². The van der Waals surface area contributed by atoms with Gasteiger partial charge in [-0.15, -0.1) is 0 Å². The van der Waals surface area contributed by atoms with Crippen LogP contribution in [0.4, 0.5) is 0 Å². The van der Waals surface area contributed by atoms with Gasteiger partial charge >= 0.3 is 5.97 Å². The number of rotatable bonds is 8. The second kappa shape index (κ2) is 9.89. The summed E-state index contributed by atoms with van der Waals surface area (Å²) in [5.74, 6) is -0.335. The smallest absolute Gasteiger partial charge is 0.308 e. The van der Waals surface area contributed by atoms with Crippen LogP contribution < -0.4 is 0 Å². The van der Waals surface area contributed by atoms with E-state index < -0.39 is 6.29 Å². The summed E-state index contributed by atoms with van der Waals surface area (Å²) in [6.45, 7) is 8.06. The number of ether oxygens (including phenoxy) is 1. The van der Waals surface area contributed by atoms with Crippen molar-refractivity contribution in [1.82, 2.24) is 0 Å². The van der Waals surface area contributed by atoms with Crippen molar-refractivity contribution in [3.05, 3.63) is 23.3 Å². The topological polar surface area (TPSA) is 46.5 Å². The summed E-state index contributed by atoms with van der Waals surface area (Å²) in [6, 6.07) is 0. The Morgan fingerprint density at radius 2 is 1.94 bits per heavy atom. The van der Waals surface area contributed by atoms with Crippen molar-refractivity contribution in [2.75, 3.05) is 0 Å². The van der Waals surface area contributed by atoms with E-state index >= 15 is 0 Å². The first-order valence-electron chi connectivity index (χ1n) is 6.64. The van der Waals surface area contributed by atoms with Gasteiger partial charge in [-0.25, -0.2) is 0 Å². The molecule has 3 heteroatoms. The van der Waals surface area contributed by atoms with E-state index in [1.165, 1.54) is 5.57 Å². The van der Waals surface area contributed by atoms with Crippen LogP contribution in [0.25, 0.3) is 0 Å². The molecule has 1 N–H and O–H groups in total. The van der Waals surface area contributed by atoms with Gasteiger partial charge in [-0.05, 0) is 46.1 Å². The molecule has 0 radical (unpaired) electrons. The maximum atomic E-state index is 11.3. The number of hydrogen-bond donors (Lipinski definition) is 1. The molecule has 0 aromatic rings. The molecule has 0 aromatic heterocycles. The number of carbonyl (C=O) groups excluding carboxylic acids is 1. The standard InChI is InChI=1S/C15H26O3/c1-5-6-10-14(16)18-15(17)11-13(4)9-7-8-12(2)3/h8,11,15,17H,5-7,9-10H2,1-4H3/b13-11+. The summed E-state index contributed by atoms with van der Waals surface area (Å²) in [5.41, 5.74) is 2.32. The van der Waals surface area contributed by atoms with Crippen LogP contribution in [0.5, 0.6) is 0 Å². The van der Waals surface area contributed by atoms with Gasteiger partial charge in [-0.3, -0.25) is 4.79 Å². The molecule has 0 bridgehead atoms. The number of unbranched alkanes of at least 4 members (excludes halogenated alkanes) is 1. The van der Waals surface area contributed by atoms with E-state index in [0.717, 1.165) is 31.3 Å². The highest BCUT2D eigenvalue weighted by Gasteiger charge is 2.08. The zero-order chi connectivity index (χ0) is 14.0. The highest BCUT2D eigenvalue weighted by Crippen LogP contribution is 2.09. The molecule has 0 saturated carbocycles. The van der Waals surface area contributed by atoms with E-state index in [-0.39, 0.29) is 5.97 Å². The van der Waals surface area contributed by atoms with Crippen molar-refractivity contribution in [3.8, 4) is 0 Å². The largest absolute Gasteiger partial charge is 0.432 e. The number of hydrogen-bond acceptors (Lipinski definition) is 3. The molecule has 0 spiro atoms. The first kappa shape index (κ1) is 16.9. The maximum absolute atomic E-state index is 11.3. The molecule has 1 unspecified atom stereocenters. The lowest BCUT2D eigenvalue weighted by Crippen LogP contribution is -2.15. The average Bonchev–Trinajstić information content (AvgIpc) is 2.25. The lowest BCUT2D eigenvalue weighted by atomic mass is 10.1. The van der Waals surface area contributed by atoms with Crippen LogP contribution in [0, 0.1) is 0 Å². The highest BCUT2D eigenvalue weighted by atomic mass is 16.6. The Morgan fingerprint density at radius 3 is 2.50 bits per heavy atom. The lowest BCUT2D eigenvalue weighted by molar-refractivity contribution is -0.160. The van der Waals surface area contributed by atoms with E-state index in [1.807, 2.05) is 13.8 Å². The summed E-state index contributed by atoms with van der Waals surface area (Å²) in [7, 11) is 0. The first-order valence-corrected chi connectivity index (χ1v) is 6.64. The fourth-order valence-corrected chi connectivity index (χ4v) is 1.46. The zero-order valence-corrected chi connectivity index (χ0v) is 12.0. The minimum absolute atomic E-state index is 0.335. The molecule has 0 aromatic carbocycles. The van der Waals surface area contributed by atoms with E-state index in [9.17, 15) is 9.90 Å². The van der Waals surface area contributed by atoms with Gasteiger partial charge in [0.25, 0.3) is 0 Å². The summed E-state index contributed by atoms with van der Waals surface area (Å²) in [6.07, 6.45) is 6.58. The van der Waals surface area contributed by atoms with Crippen LogP contribution in [0.1, 0.15) is 59.8 Å². The van der Waals surface area contributed by atoms with Gasteiger partial charge < -0.3 is 9.84 Å². The predicted octanol–water partition coefficient (Wildman–Crippen LogP) is 3.73. The third kappa shape index (κ3) is 10.1. The Hall–Kier alpha value is -1.09. The van der Waals surface area contributed by atoms with Crippen LogP contribution in [-0.2, 0) is 9.53 Å².